The van der Waals surface area contributed by atoms with Gasteiger partial charge in [0.15, 0.2) is 5.84 Å². The van der Waals surface area contributed by atoms with Gasteiger partial charge < -0.3 is 15.7 Å². The molecule has 6 nitrogen and oxygen atoms in total. The minimum Gasteiger partial charge on any atom is -0.444 e. The summed E-state index contributed by atoms with van der Waals surface area (Å²) in [6.07, 6.45) is -0.569. The number of amides is 1. The number of rotatable bonds is 2. The van der Waals surface area contributed by atoms with E-state index in [1.54, 1.807) is 39.0 Å². The molecule has 0 aliphatic heterocycles. The molecule has 0 fully saturated rings. The third-order valence-corrected chi connectivity index (χ3v) is 2.69. The maximum absolute atomic E-state index is 11.6. The summed E-state index contributed by atoms with van der Waals surface area (Å²) in [4.78, 5) is 11.6. The molecule has 1 aromatic rings. The zero-order chi connectivity index (χ0) is 14.6. The Kier molecular flexibility index (Phi) is 4.77. The first-order valence-corrected chi connectivity index (χ1v) is 6.29. The van der Waals surface area contributed by atoms with Gasteiger partial charge in [-0.1, -0.05) is 21.1 Å². The second-order valence-electron chi connectivity index (χ2n) is 4.81. The topological polar surface area (TPSA) is 96.9 Å². The molecule has 0 heterocycles. The van der Waals surface area contributed by atoms with Gasteiger partial charge in [0.05, 0.1) is 0 Å². The molecule has 1 rings (SSSR count). The summed E-state index contributed by atoms with van der Waals surface area (Å²) in [7, 11) is 0. The van der Waals surface area contributed by atoms with Crippen LogP contribution in [0, 0.1) is 0 Å². The van der Waals surface area contributed by atoms with Crippen LogP contribution >= 0.6 is 15.9 Å². The highest BCUT2D eigenvalue weighted by Crippen LogP contribution is 2.21. The second kappa shape index (κ2) is 5.92. The maximum Gasteiger partial charge on any atom is 0.412 e. The van der Waals surface area contributed by atoms with Crippen molar-refractivity contribution in [1.82, 2.24) is 0 Å². The summed E-state index contributed by atoms with van der Waals surface area (Å²) in [6.45, 7) is 5.32. The Bertz CT molecular complexity index is 509. The van der Waals surface area contributed by atoms with Gasteiger partial charge in [-0.3, -0.25) is 5.32 Å². The van der Waals surface area contributed by atoms with E-state index in [1.807, 2.05) is 0 Å². The average molecular weight is 330 g/mol. The van der Waals surface area contributed by atoms with Crippen LogP contribution in [-0.4, -0.2) is 22.7 Å². The fourth-order valence-corrected chi connectivity index (χ4v) is 1.72. The van der Waals surface area contributed by atoms with Gasteiger partial charge in [-0.2, -0.15) is 0 Å². The maximum atomic E-state index is 11.6. The van der Waals surface area contributed by atoms with E-state index in [0.717, 1.165) is 0 Å². The van der Waals surface area contributed by atoms with E-state index in [0.29, 0.717) is 15.7 Å². The highest BCUT2D eigenvalue weighted by atomic mass is 79.9. The Morgan fingerprint density at radius 3 is 2.63 bits per heavy atom. The number of ether oxygens (including phenoxy) is 1. The largest absolute Gasteiger partial charge is 0.444 e. The van der Waals surface area contributed by atoms with Crippen LogP contribution in [0.4, 0.5) is 10.5 Å². The van der Waals surface area contributed by atoms with Gasteiger partial charge in [-0.25, -0.2) is 4.79 Å². The van der Waals surface area contributed by atoms with Crippen molar-refractivity contribution >= 4 is 33.5 Å². The number of carbonyl (C=O) groups excluding carboxylic acids is 1. The number of hydrogen-bond acceptors (Lipinski definition) is 4. The van der Waals surface area contributed by atoms with Crippen LogP contribution in [0.5, 0.6) is 0 Å². The summed E-state index contributed by atoms with van der Waals surface area (Å²) in [5, 5.41) is 14.2. The van der Waals surface area contributed by atoms with Crippen LogP contribution in [0.3, 0.4) is 0 Å². The van der Waals surface area contributed by atoms with Crippen molar-refractivity contribution in [2.24, 2.45) is 10.9 Å². The van der Waals surface area contributed by atoms with Crippen LogP contribution in [0.1, 0.15) is 26.3 Å². The molecule has 104 valence electrons. The summed E-state index contributed by atoms with van der Waals surface area (Å²) >= 11 is 3.27. The van der Waals surface area contributed by atoms with E-state index in [2.05, 4.69) is 26.4 Å². The van der Waals surface area contributed by atoms with Gasteiger partial charge in [0.2, 0.25) is 0 Å². The fraction of sp³-hybridized carbons (Fsp3) is 0.333. The number of amidine groups is 1. The highest BCUT2D eigenvalue weighted by Gasteiger charge is 2.16. The van der Waals surface area contributed by atoms with E-state index in [9.17, 15) is 4.79 Å². The van der Waals surface area contributed by atoms with Gasteiger partial charge in [-0.05, 0) is 39.0 Å². The number of nitrogens with one attached hydrogen (secondary N) is 1. The van der Waals surface area contributed by atoms with Gasteiger partial charge in [-0.15, -0.1) is 0 Å². The predicted octanol–water partition coefficient (Wildman–Crippen LogP) is 2.89. The SMILES string of the molecule is CC(C)(C)OC(=O)Nc1ccc(Br)c(/C(N)=N/O)c1. The molecule has 1 aromatic carbocycles. The number of oxime groups is 1. The minimum atomic E-state index is -0.576. The summed E-state index contributed by atoms with van der Waals surface area (Å²) in [5.74, 6) is -0.0558. The Balaban J connectivity index is 2.89. The number of nitrogens with two attached hydrogens (primary N) is 1. The third-order valence-electron chi connectivity index (χ3n) is 2.00. The molecule has 0 spiro atoms. The molecule has 0 atom stereocenters. The van der Waals surface area contributed by atoms with E-state index in [4.69, 9.17) is 15.7 Å². The van der Waals surface area contributed by atoms with Crippen molar-refractivity contribution < 1.29 is 14.7 Å². The molecule has 0 saturated carbocycles. The van der Waals surface area contributed by atoms with Gasteiger partial charge in [0.1, 0.15) is 5.60 Å². The molecule has 0 saturated heterocycles. The first kappa shape index (κ1) is 15.3. The molecule has 0 bridgehead atoms. The van der Waals surface area contributed by atoms with Crippen LogP contribution in [0.2, 0.25) is 0 Å². The quantitative estimate of drug-likeness (QED) is 0.336. The molecule has 0 aromatic heterocycles. The summed E-state index contributed by atoms with van der Waals surface area (Å²) in [5.41, 5.74) is 5.90. The zero-order valence-corrected chi connectivity index (χ0v) is 12.5. The first-order chi connectivity index (χ1) is 8.73. The lowest BCUT2D eigenvalue weighted by molar-refractivity contribution is 0.0636. The van der Waals surface area contributed by atoms with Crippen molar-refractivity contribution in [3.05, 3.63) is 28.2 Å². The van der Waals surface area contributed by atoms with E-state index >= 15 is 0 Å². The molecule has 19 heavy (non-hydrogen) atoms. The second-order valence-corrected chi connectivity index (χ2v) is 5.66. The van der Waals surface area contributed by atoms with Gasteiger partial charge in [0, 0.05) is 15.7 Å². The Hall–Kier alpha value is -1.76. The lowest BCUT2D eigenvalue weighted by Gasteiger charge is -2.19. The number of nitrogens with zero attached hydrogens (tertiary/aromatic N) is 1. The Labute approximate surface area is 119 Å². The van der Waals surface area contributed by atoms with Crippen LogP contribution in [0.25, 0.3) is 0 Å². The highest BCUT2D eigenvalue weighted by molar-refractivity contribution is 9.10. The van der Waals surface area contributed by atoms with E-state index < -0.39 is 11.7 Å². The molecular formula is C12H16BrN3O3. The Morgan fingerprint density at radius 1 is 1.47 bits per heavy atom. The van der Waals surface area contributed by atoms with E-state index in [1.165, 1.54) is 0 Å². The van der Waals surface area contributed by atoms with Crippen molar-refractivity contribution in [2.75, 3.05) is 5.32 Å². The van der Waals surface area contributed by atoms with Crippen LogP contribution < -0.4 is 11.1 Å². The Morgan fingerprint density at radius 2 is 2.11 bits per heavy atom. The smallest absolute Gasteiger partial charge is 0.412 e. The number of anilines is 1. The molecule has 0 radical (unpaired) electrons. The third kappa shape index (κ3) is 4.78. The number of carbonyl (C=O) groups is 1. The van der Waals surface area contributed by atoms with Crippen molar-refractivity contribution in [2.45, 2.75) is 26.4 Å². The lowest BCUT2D eigenvalue weighted by Crippen LogP contribution is -2.27. The molecule has 1 amide bonds. The van der Waals surface area contributed by atoms with E-state index in [-0.39, 0.29) is 5.84 Å². The van der Waals surface area contributed by atoms with Gasteiger partial charge in [0.25, 0.3) is 0 Å². The summed E-state index contributed by atoms with van der Waals surface area (Å²) in [6, 6.07) is 4.92. The van der Waals surface area contributed by atoms with Crippen molar-refractivity contribution in [3.8, 4) is 0 Å². The monoisotopic (exact) mass is 329 g/mol. The molecule has 0 aliphatic carbocycles. The normalized spacial score (nSPS) is 12.1. The minimum absolute atomic E-state index is 0.0558. The fourth-order valence-electron chi connectivity index (χ4n) is 1.27. The first-order valence-electron chi connectivity index (χ1n) is 5.50. The average Bonchev–Trinajstić information content (AvgIpc) is 2.28. The number of halogens is 1. The molecule has 7 heteroatoms. The van der Waals surface area contributed by atoms with Crippen LogP contribution in [0.15, 0.2) is 27.8 Å². The van der Waals surface area contributed by atoms with Crippen molar-refractivity contribution in [1.29, 1.82) is 0 Å². The van der Waals surface area contributed by atoms with Crippen molar-refractivity contribution in [3.63, 3.8) is 0 Å². The number of benzene rings is 1. The van der Waals surface area contributed by atoms with Gasteiger partial charge >= 0.3 is 6.09 Å². The molecular weight excluding hydrogens is 314 g/mol. The molecule has 0 aliphatic rings. The predicted molar refractivity (Wildman–Crippen MR) is 76.5 cm³/mol. The molecule has 0 unspecified atom stereocenters. The van der Waals surface area contributed by atoms with Crippen LogP contribution in [-0.2, 0) is 4.74 Å². The standard InChI is InChI=1S/C12H16BrN3O3/c1-12(2,3)19-11(17)15-7-4-5-9(13)8(6-7)10(14)16-18/h4-6,18H,1-3H3,(H2,14,16)(H,15,17). The number of hydrogen-bond donors (Lipinski definition) is 3. The lowest BCUT2D eigenvalue weighted by atomic mass is 10.2. The summed E-state index contributed by atoms with van der Waals surface area (Å²) < 4.78 is 5.78. The zero-order valence-electron chi connectivity index (χ0n) is 10.9. The molecule has 4 N–H and O–H groups in total.